The van der Waals surface area contributed by atoms with E-state index >= 15 is 0 Å². The number of fused-ring (bicyclic) bond motifs is 1. The molecule has 1 aliphatic heterocycles. The molecule has 0 bridgehead atoms. The average Bonchev–Trinajstić information content (AvgIpc) is 3.17. The number of carbonyl (C=O) groups excluding carboxylic acids is 1. The maximum atomic E-state index is 12.4. The smallest absolute Gasteiger partial charge is 0.254 e. The fourth-order valence-corrected chi connectivity index (χ4v) is 2.91. The van der Waals surface area contributed by atoms with Crippen molar-refractivity contribution >= 4 is 21.8 Å². The average molecular weight is 414 g/mol. The molecule has 1 amide bonds. The van der Waals surface area contributed by atoms with Gasteiger partial charge in [0, 0.05) is 10.7 Å². The second-order valence-electron chi connectivity index (χ2n) is 5.86. The van der Waals surface area contributed by atoms with Crippen LogP contribution in [0.2, 0.25) is 0 Å². The minimum absolute atomic E-state index is 0.198. The van der Waals surface area contributed by atoms with E-state index in [1.807, 2.05) is 48.5 Å². The zero-order valence-corrected chi connectivity index (χ0v) is 15.3. The topological polar surface area (TPSA) is 65.4 Å². The highest BCUT2D eigenvalue weighted by Gasteiger charge is 2.21. The molecule has 6 nitrogen and oxygen atoms in total. The van der Waals surface area contributed by atoms with Gasteiger partial charge in [0.05, 0.1) is 24.0 Å². The molecule has 26 heavy (non-hydrogen) atoms. The number of rotatable bonds is 4. The third kappa shape index (κ3) is 3.57. The summed E-state index contributed by atoms with van der Waals surface area (Å²) in [6.07, 6.45) is 3.02. The normalized spacial score (nSPS) is 15.5. The van der Waals surface area contributed by atoms with E-state index < -0.39 is 0 Å². The van der Waals surface area contributed by atoms with Crippen molar-refractivity contribution in [1.82, 2.24) is 15.1 Å². The first kappa shape index (κ1) is 16.7. The Hall–Kier alpha value is -2.80. The Balaban J connectivity index is 1.36. The Bertz CT molecular complexity index is 924. The first-order chi connectivity index (χ1) is 12.7. The van der Waals surface area contributed by atoms with Gasteiger partial charge in [-0.25, -0.2) is 4.68 Å². The summed E-state index contributed by atoms with van der Waals surface area (Å²) in [7, 11) is 0. The molecular formula is C19H16BrN3O3. The van der Waals surface area contributed by atoms with Gasteiger partial charge in [0.2, 0.25) is 0 Å². The molecule has 0 aliphatic carbocycles. The predicted octanol–water partition coefficient (Wildman–Crippen LogP) is 3.20. The van der Waals surface area contributed by atoms with E-state index in [2.05, 4.69) is 26.3 Å². The molecule has 1 N–H and O–H groups in total. The summed E-state index contributed by atoms with van der Waals surface area (Å²) in [5, 5.41) is 7.11. The largest absolute Gasteiger partial charge is 0.486 e. The molecule has 0 fully saturated rings. The van der Waals surface area contributed by atoms with E-state index in [0.717, 1.165) is 15.9 Å². The number of halogens is 1. The fraction of sp³-hybridized carbons (Fsp3) is 0.158. The van der Waals surface area contributed by atoms with E-state index in [1.54, 1.807) is 17.1 Å². The first-order valence-corrected chi connectivity index (χ1v) is 8.95. The van der Waals surface area contributed by atoms with Crippen molar-refractivity contribution in [2.75, 3.05) is 13.2 Å². The van der Waals surface area contributed by atoms with Crippen LogP contribution in [0, 0.1) is 0 Å². The first-order valence-electron chi connectivity index (χ1n) is 8.16. The molecule has 0 radical (unpaired) electrons. The van der Waals surface area contributed by atoms with Gasteiger partial charge in [-0.05, 0) is 36.4 Å². The number of nitrogens with zero attached hydrogens (tertiary/aromatic N) is 2. The molecule has 0 spiro atoms. The number of nitrogens with one attached hydrogen (secondary N) is 1. The number of hydrogen-bond acceptors (Lipinski definition) is 4. The van der Waals surface area contributed by atoms with Crippen LogP contribution in [0.4, 0.5) is 0 Å². The second-order valence-corrected chi connectivity index (χ2v) is 6.77. The van der Waals surface area contributed by atoms with Gasteiger partial charge >= 0.3 is 0 Å². The van der Waals surface area contributed by atoms with Gasteiger partial charge in [-0.2, -0.15) is 5.10 Å². The summed E-state index contributed by atoms with van der Waals surface area (Å²) in [6, 6.07) is 15.2. The molecule has 1 aliphatic rings. The van der Waals surface area contributed by atoms with Gasteiger partial charge in [-0.3, -0.25) is 4.79 Å². The minimum atomic E-state index is -0.227. The Morgan fingerprint density at radius 3 is 2.77 bits per heavy atom. The van der Waals surface area contributed by atoms with Crippen molar-refractivity contribution in [2.24, 2.45) is 0 Å². The van der Waals surface area contributed by atoms with E-state index in [9.17, 15) is 4.79 Å². The number of benzene rings is 2. The maximum absolute atomic E-state index is 12.4. The van der Waals surface area contributed by atoms with Gasteiger partial charge < -0.3 is 14.8 Å². The van der Waals surface area contributed by atoms with Crippen molar-refractivity contribution in [3.63, 3.8) is 0 Å². The Morgan fingerprint density at radius 1 is 1.19 bits per heavy atom. The molecular weight excluding hydrogens is 398 g/mol. The molecule has 0 saturated heterocycles. The van der Waals surface area contributed by atoms with Gasteiger partial charge in [0.25, 0.3) is 5.91 Å². The minimum Gasteiger partial charge on any atom is -0.486 e. The van der Waals surface area contributed by atoms with Crippen molar-refractivity contribution in [2.45, 2.75) is 6.10 Å². The van der Waals surface area contributed by atoms with Crippen LogP contribution in [0.25, 0.3) is 5.69 Å². The van der Waals surface area contributed by atoms with Crippen molar-refractivity contribution < 1.29 is 14.3 Å². The van der Waals surface area contributed by atoms with Crippen molar-refractivity contribution in [1.29, 1.82) is 0 Å². The third-order valence-corrected chi connectivity index (χ3v) is 4.52. The molecule has 3 aromatic rings. The van der Waals surface area contributed by atoms with Crippen LogP contribution in [0.5, 0.6) is 11.5 Å². The van der Waals surface area contributed by atoms with Crippen LogP contribution in [0.15, 0.2) is 65.4 Å². The number of para-hydroxylation sites is 2. The zero-order valence-electron chi connectivity index (χ0n) is 13.8. The molecule has 2 aromatic carbocycles. The number of aromatic nitrogens is 2. The van der Waals surface area contributed by atoms with Crippen LogP contribution >= 0.6 is 15.9 Å². The van der Waals surface area contributed by atoms with Gasteiger partial charge in [0.1, 0.15) is 12.7 Å². The van der Waals surface area contributed by atoms with Crippen LogP contribution in [0.1, 0.15) is 10.4 Å². The van der Waals surface area contributed by atoms with Crippen molar-refractivity contribution in [3.05, 3.63) is 71.0 Å². The SMILES string of the molecule is O=C(NC[C@@H]1COc2ccccc2O1)c1cnn(-c2ccc(Br)cc2)c1. The number of hydrogen-bond donors (Lipinski definition) is 1. The molecule has 0 saturated carbocycles. The summed E-state index contributed by atoms with van der Waals surface area (Å²) in [4.78, 5) is 12.4. The quantitative estimate of drug-likeness (QED) is 0.712. The lowest BCUT2D eigenvalue weighted by Crippen LogP contribution is -2.40. The Kier molecular flexibility index (Phi) is 4.62. The van der Waals surface area contributed by atoms with Crippen LogP contribution in [0.3, 0.4) is 0 Å². The van der Waals surface area contributed by atoms with E-state index in [1.165, 1.54) is 0 Å². The van der Waals surface area contributed by atoms with Gasteiger partial charge in [-0.15, -0.1) is 0 Å². The van der Waals surface area contributed by atoms with E-state index in [-0.39, 0.29) is 12.0 Å². The lowest BCUT2D eigenvalue weighted by molar-refractivity contribution is 0.0789. The number of ether oxygens (including phenoxy) is 2. The molecule has 0 unspecified atom stereocenters. The fourth-order valence-electron chi connectivity index (χ4n) is 2.65. The summed E-state index contributed by atoms with van der Waals surface area (Å²) in [5.41, 5.74) is 1.37. The van der Waals surface area contributed by atoms with Gasteiger partial charge in [0.15, 0.2) is 11.5 Å². The highest BCUT2D eigenvalue weighted by Crippen LogP contribution is 2.30. The highest BCUT2D eigenvalue weighted by atomic mass is 79.9. The van der Waals surface area contributed by atoms with Crippen molar-refractivity contribution in [3.8, 4) is 17.2 Å². The summed E-state index contributed by atoms with van der Waals surface area (Å²) in [6.45, 7) is 0.756. The van der Waals surface area contributed by atoms with Gasteiger partial charge in [-0.1, -0.05) is 28.1 Å². The Morgan fingerprint density at radius 2 is 1.96 bits per heavy atom. The zero-order chi connectivity index (χ0) is 17.9. The maximum Gasteiger partial charge on any atom is 0.254 e. The van der Waals surface area contributed by atoms with Crippen LogP contribution in [-0.2, 0) is 0 Å². The summed E-state index contributed by atoms with van der Waals surface area (Å²) >= 11 is 3.40. The molecule has 2 heterocycles. The van der Waals surface area contributed by atoms with Crippen LogP contribution < -0.4 is 14.8 Å². The molecule has 132 valence electrons. The van der Waals surface area contributed by atoms with Crippen LogP contribution in [-0.4, -0.2) is 34.9 Å². The highest BCUT2D eigenvalue weighted by molar-refractivity contribution is 9.10. The molecule has 1 aromatic heterocycles. The number of amides is 1. The lowest BCUT2D eigenvalue weighted by Gasteiger charge is -2.26. The standard InChI is InChI=1S/C19H16BrN3O3/c20-14-5-7-15(8-6-14)23-11-13(9-22-23)19(24)21-10-16-12-25-17-3-1-2-4-18(17)26-16/h1-9,11,16H,10,12H2,(H,21,24)/t16-/m1/s1. The third-order valence-electron chi connectivity index (χ3n) is 3.99. The predicted molar refractivity (Wildman–Crippen MR) is 100.0 cm³/mol. The van der Waals surface area contributed by atoms with E-state index in [4.69, 9.17) is 9.47 Å². The second kappa shape index (κ2) is 7.21. The molecule has 7 heteroatoms. The molecule has 1 atom stereocenters. The lowest BCUT2D eigenvalue weighted by atomic mass is 10.2. The molecule has 4 rings (SSSR count). The summed E-state index contributed by atoms with van der Waals surface area (Å²) < 4.78 is 14.1. The Labute approximate surface area is 158 Å². The monoisotopic (exact) mass is 413 g/mol. The van der Waals surface area contributed by atoms with E-state index in [0.29, 0.717) is 24.5 Å². The summed E-state index contributed by atoms with van der Waals surface area (Å²) in [5.74, 6) is 1.22. The number of carbonyl (C=O) groups is 1.